The van der Waals surface area contributed by atoms with Gasteiger partial charge < -0.3 is 16.0 Å². The third kappa shape index (κ3) is 3.97. The van der Waals surface area contributed by atoms with E-state index in [0.717, 1.165) is 12.2 Å². The summed E-state index contributed by atoms with van der Waals surface area (Å²) in [6.45, 7) is 7.34. The molecule has 0 heterocycles. The van der Waals surface area contributed by atoms with Gasteiger partial charge in [0.1, 0.15) is 0 Å². The van der Waals surface area contributed by atoms with Gasteiger partial charge in [-0.1, -0.05) is 26.0 Å². The number of nitrogens with one attached hydrogen (secondary N) is 3. The Hall–Kier alpha value is -1.55. The lowest BCUT2D eigenvalue weighted by atomic mass is 9.92. The van der Waals surface area contributed by atoms with Crippen molar-refractivity contribution in [3.8, 4) is 0 Å². The van der Waals surface area contributed by atoms with Gasteiger partial charge in [-0.2, -0.15) is 0 Å². The summed E-state index contributed by atoms with van der Waals surface area (Å²) in [5, 5.41) is 9.09. The quantitative estimate of drug-likeness (QED) is 0.750. The van der Waals surface area contributed by atoms with Crippen molar-refractivity contribution < 1.29 is 4.79 Å². The molecule has 4 heteroatoms. The number of urea groups is 1. The van der Waals surface area contributed by atoms with E-state index < -0.39 is 0 Å². The standard InChI is InChI=1S/C17H27N3O/c1-12(2)17(9-10-17)11-19-16(21)20-15-7-5-14(6-8-15)13(3)18-4/h5-8,12-13,18H,9-11H2,1-4H3,(H2,19,20,21). The average Bonchev–Trinajstić information content (AvgIpc) is 3.26. The maximum absolute atomic E-state index is 11.9. The summed E-state index contributed by atoms with van der Waals surface area (Å²) in [5.41, 5.74) is 2.37. The van der Waals surface area contributed by atoms with Crippen molar-refractivity contribution in [3.63, 3.8) is 0 Å². The van der Waals surface area contributed by atoms with Gasteiger partial charge in [0.25, 0.3) is 0 Å². The molecule has 1 aliphatic carbocycles. The third-order valence-electron chi connectivity index (χ3n) is 4.82. The van der Waals surface area contributed by atoms with Crippen molar-refractivity contribution in [2.24, 2.45) is 11.3 Å². The number of benzene rings is 1. The van der Waals surface area contributed by atoms with Crippen LogP contribution in [-0.2, 0) is 0 Å². The van der Waals surface area contributed by atoms with Gasteiger partial charge in [0.05, 0.1) is 0 Å². The Bertz CT molecular complexity index is 477. The molecule has 0 spiro atoms. The number of hydrogen-bond acceptors (Lipinski definition) is 2. The van der Waals surface area contributed by atoms with Crippen LogP contribution in [0.2, 0.25) is 0 Å². The highest BCUT2D eigenvalue weighted by Gasteiger charge is 2.45. The van der Waals surface area contributed by atoms with Gasteiger partial charge in [0.15, 0.2) is 0 Å². The summed E-state index contributed by atoms with van der Waals surface area (Å²) in [6.07, 6.45) is 2.45. The van der Waals surface area contributed by atoms with Crippen LogP contribution in [0.5, 0.6) is 0 Å². The van der Waals surface area contributed by atoms with Crippen LogP contribution in [0.15, 0.2) is 24.3 Å². The van der Waals surface area contributed by atoms with Crippen molar-refractivity contribution in [2.45, 2.75) is 39.7 Å². The summed E-state index contributed by atoms with van der Waals surface area (Å²) in [4.78, 5) is 11.9. The van der Waals surface area contributed by atoms with E-state index in [4.69, 9.17) is 0 Å². The zero-order valence-electron chi connectivity index (χ0n) is 13.5. The first-order valence-electron chi connectivity index (χ1n) is 7.79. The lowest BCUT2D eigenvalue weighted by Crippen LogP contribution is -2.35. The van der Waals surface area contributed by atoms with E-state index in [-0.39, 0.29) is 6.03 Å². The molecule has 116 valence electrons. The molecule has 1 fully saturated rings. The molecule has 1 unspecified atom stereocenters. The van der Waals surface area contributed by atoms with Crippen molar-refractivity contribution >= 4 is 11.7 Å². The van der Waals surface area contributed by atoms with Gasteiger partial charge in [-0.25, -0.2) is 4.79 Å². The molecule has 3 N–H and O–H groups in total. The second-order valence-corrected chi connectivity index (χ2v) is 6.46. The van der Waals surface area contributed by atoms with Crippen LogP contribution in [0.4, 0.5) is 10.5 Å². The first-order valence-corrected chi connectivity index (χ1v) is 7.79. The van der Waals surface area contributed by atoms with E-state index in [9.17, 15) is 4.79 Å². The second kappa shape index (κ2) is 6.48. The molecule has 0 aromatic heterocycles. The maximum Gasteiger partial charge on any atom is 0.319 e. The van der Waals surface area contributed by atoms with Gasteiger partial charge >= 0.3 is 6.03 Å². The summed E-state index contributed by atoms with van der Waals surface area (Å²) >= 11 is 0. The molecule has 0 bridgehead atoms. The van der Waals surface area contributed by atoms with E-state index in [1.807, 2.05) is 31.3 Å². The fourth-order valence-electron chi connectivity index (χ4n) is 2.57. The molecule has 1 atom stereocenters. The highest BCUT2D eigenvalue weighted by atomic mass is 16.2. The molecule has 2 rings (SSSR count). The first-order chi connectivity index (χ1) is 9.97. The molecular weight excluding hydrogens is 262 g/mol. The zero-order valence-corrected chi connectivity index (χ0v) is 13.5. The molecule has 1 saturated carbocycles. The number of rotatable bonds is 6. The molecular formula is C17H27N3O. The van der Waals surface area contributed by atoms with Crippen molar-refractivity contribution in [1.82, 2.24) is 10.6 Å². The number of carbonyl (C=O) groups is 1. The minimum atomic E-state index is -0.115. The molecule has 0 saturated heterocycles. The Labute approximate surface area is 127 Å². The van der Waals surface area contributed by atoms with Crippen LogP contribution in [0.25, 0.3) is 0 Å². The Morgan fingerprint density at radius 1 is 1.19 bits per heavy atom. The molecule has 0 radical (unpaired) electrons. The summed E-state index contributed by atoms with van der Waals surface area (Å²) in [6, 6.07) is 8.15. The molecule has 21 heavy (non-hydrogen) atoms. The summed E-state index contributed by atoms with van der Waals surface area (Å²) in [7, 11) is 1.94. The molecule has 1 aromatic carbocycles. The van der Waals surface area contributed by atoms with E-state index >= 15 is 0 Å². The van der Waals surface area contributed by atoms with Crippen molar-refractivity contribution in [2.75, 3.05) is 18.9 Å². The maximum atomic E-state index is 11.9. The summed E-state index contributed by atoms with van der Waals surface area (Å²) in [5.74, 6) is 0.625. The lowest BCUT2D eigenvalue weighted by molar-refractivity contribution is 0.246. The predicted molar refractivity (Wildman–Crippen MR) is 87.4 cm³/mol. The minimum Gasteiger partial charge on any atom is -0.337 e. The average molecular weight is 289 g/mol. The van der Waals surface area contributed by atoms with E-state index in [1.54, 1.807) is 0 Å². The number of carbonyl (C=O) groups excluding carboxylic acids is 1. The van der Waals surface area contributed by atoms with Gasteiger partial charge in [-0.15, -0.1) is 0 Å². The van der Waals surface area contributed by atoms with E-state index in [0.29, 0.717) is 17.4 Å². The van der Waals surface area contributed by atoms with Crippen LogP contribution in [-0.4, -0.2) is 19.6 Å². The Morgan fingerprint density at radius 2 is 1.81 bits per heavy atom. The fraction of sp³-hybridized carbons (Fsp3) is 0.588. The molecule has 0 aliphatic heterocycles. The van der Waals surface area contributed by atoms with Crippen LogP contribution in [0.3, 0.4) is 0 Å². The number of hydrogen-bond donors (Lipinski definition) is 3. The van der Waals surface area contributed by atoms with Crippen LogP contribution in [0.1, 0.15) is 45.2 Å². The minimum absolute atomic E-state index is 0.115. The first kappa shape index (κ1) is 15.8. The highest BCUT2D eigenvalue weighted by Crippen LogP contribution is 2.51. The van der Waals surface area contributed by atoms with Crippen molar-refractivity contribution in [3.05, 3.63) is 29.8 Å². The normalized spacial score (nSPS) is 17.4. The van der Waals surface area contributed by atoms with E-state index in [1.165, 1.54) is 18.4 Å². The van der Waals surface area contributed by atoms with Gasteiger partial charge in [0.2, 0.25) is 0 Å². The van der Waals surface area contributed by atoms with Crippen molar-refractivity contribution in [1.29, 1.82) is 0 Å². The molecule has 2 amide bonds. The second-order valence-electron chi connectivity index (χ2n) is 6.46. The van der Waals surface area contributed by atoms with Gasteiger partial charge in [-0.3, -0.25) is 0 Å². The number of anilines is 1. The predicted octanol–water partition coefficient (Wildman–Crippen LogP) is 3.52. The van der Waals surface area contributed by atoms with Crippen LogP contribution in [0, 0.1) is 11.3 Å². The lowest BCUT2D eigenvalue weighted by Gasteiger charge is -2.20. The van der Waals surface area contributed by atoms with Gasteiger partial charge in [0, 0.05) is 18.3 Å². The topological polar surface area (TPSA) is 53.2 Å². The Balaban J connectivity index is 1.83. The molecule has 1 aromatic rings. The van der Waals surface area contributed by atoms with E-state index in [2.05, 4.69) is 36.7 Å². The van der Waals surface area contributed by atoms with Crippen LogP contribution < -0.4 is 16.0 Å². The third-order valence-corrected chi connectivity index (χ3v) is 4.82. The smallest absolute Gasteiger partial charge is 0.319 e. The molecule has 4 nitrogen and oxygen atoms in total. The van der Waals surface area contributed by atoms with Gasteiger partial charge in [-0.05, 0) is 55.8 Å². The SMILES string of the molecule is CNC(C)c1ccc(NC(=O)NCC2(C(C)C)CC2)cc1. The fourth-order valence-corrected chi connectivity index (χ4v) is 2.57. The largest absolute Gasteiger partial charge is 0.337 e. The Kier molecular flexibility index (Phi) is 4.88. The Morgan fingerprint density at radius 3 is 2.29 bits per heavy atom. The highest BCUT2D eigenvalue weighted by molar-refractivity contribution is 5.89. The number of amides is 2. The van der Waals surface area contributed by atoms with Crippen LogP contribution >= 0.6 is 0 Å². The zero-order chi connectivity index (χ0) is 15.5. The monoisotopic (exact) mass is 289 g/mol. The molecule has 1 aliphatic rings. The summed E-state index contributed by atoms with van der Waals surface area (Å²) < 4.78 is 0.